The highest BCUT2D eigenvalue weighted by Crippen LogP contribution is 2.21. The second-order valence-corrected chi connectivity index (χ2v) is 8.81. The zero-order valence-electron chi connectivity index (χ0n) is 18.6. The first-order valence-corrected chi connectivity index (χ1v) is 10.4. The normalized spacial score (nSPS) is 14.0. The van der Waals surface area contributed by atoms with Crippen LogP contribution < -0.4 is 5.73 Å². The number of carbonyl (C=O) groups excluding carboxylic acids is 2. The van der Waals surface area contributed by atoms with Gasteiger partial charge in [0.05, 0.1) is 12.7 Å². The molecule has 0 unspecified atom stereocenters. The first kappa shape index (κ1) is 23.6. The number of ether oxygens (including phenoxy) is 2. The van der Waals surface area contributed by atoms with Crippen LogP contribution >= 0.6 is 0 Å². The van der Waals surface area contributed by atoms with Crippen LogP contribution in [0.3, 0.4) is 0 Å². The van der Waals surface area contributed by atoms with Gasteiger partial charge in [0.25, 0.3) is 0 Å². The lowest BCUT2D eigenvalue weighted by atomic mass is 10.00. The minimum atomic E-state index is -0.500. The Morgan fingerprint density at radius 1 is 1.07 bits per heavy atom. The molecule has 0 saturated carbocycles. The van der Waals surface area contributed by atoms with Crippen LogP contribution in [-0.2, 0) is 25.7 Å². The minimum Gasteiger partial charge on any atom is -0.457 e. The van der Waals surface area contributed by atoms with Crippen molar-refractivity contribution in [2.24, 2.45) is 11.7 Å². The molecule has 30 heavy (non-hydrogen) atoms. The lowest BCUT2D eigenvalue weighted by Gasteiger charge is -2.20. The molecule has 2 rings (SSSR count). The Labute approximate surface area is 179 Å². The molecule has 2 aromatic rings. The van der Waals surface area contributed by atoms with E-state index in [1.807, 2.05) is 52.0 Å². The summed E-state index contributed by atoms with van der Waals surface area (Å²) in [5, 5.41) is 2.20. The van der Waals surface area contributed by atoms with Crippen molar-refractivity contribution >= 4 is 28.7 Å². The molecule has 2 N–H and O–H groups in total. The average molecular weight is 412 g/mol. The SMILES string of the molecule is C[C@@H](CCC(N)=O)[C@@H](C)OCc1ccc2cc(/C=C/C(=O)OC(C)(C)C)ccc2c1. The molecule has 2 atom stereocenters. The van der Waals surface area contributed by atoms with Crippen molar-refractivity contribution in [3.8, 4) is 0 Å². The average Bonchev–Trinajstić information content (AvgIpc) is 2.67. The Balaban J connectivity index is 1.98. The summed E-state index contributed by atoms with van der Waals surface area (Å²) < 4.78 is 11.3. The Morgan fingerprint density at radius 2 is 1.73 bits per heavy atom. The lowest BCUT2D eigenvalue weighted by molar-refractivity contribution is -0.148. The second-order valence-electron chi connectivity index (χ2n) is 8.81. The van der Waals surface area contributed by atoms with Crippen LogP contribution in [0.5, 0.6) is 0 Å². The quantitative estimate of drug-likeness (QED) is 0.465. The highest BCUT2D eigenvalue weighted by molar-refractivity contribution is 5.90. The van der Waals surface area contributed by atoms with Crippen molar-refractivity contribution in [2.45, 2.75) is 65.8 Å². The van der Waals surface area contributed by atoms with Gasteiger partial charge in [-0.05, 0) is 80.1 Å². The molecule has 162 valence electrons. The number of nitrogens with two attached hydrogens (primary N) is 1. The van der Waals surface area contributed by atoms with E-state index in [0.717, 1.165) is 28.3 Å². The van der Waals surface area contributed by atoms with E-state index in [0.29, 0.717) is 13.0 Å². The fourth-order valence-electron chi connectivity index (χ4n) is 3.00. The van der Waals surface area contributed by atoms with Crippen LogP contribution in [-0.4, -0.2) is 23.6 Å². The van der Waals surface area contributed by atoms with E-state index in [-0.39, 0.29) is 23.9 Å². The molecule has 0 fully saturated rings. The topological polar surface area (TPSA) is 78.6 Å². The van der Waals surface area contributed by atoms with Crippen molar-refractivity contribution < 1.29 is 19.1 Å². The first-order valence-electron chi connectivity index (χ1n) is 10.4. The van der Waals surface area contributed by atoms with Crippen LogP contribution in [0.1, 0.15) is 58.6 Å². The van der Waals surface area contributed by atoms with Gasteiger partial charge in [-0.25, -0.2) is 4.79 Å². The van der Waals surface area contributed by atoms with Crippen molar-refractivity contribution in [3.63, 3.8) is 0 Å². The molecule has 0 heterocycles. The second kappa shape index (κ2) is 10.4. The number of benzene rings is 2. The molecule has 0 radical (unpaired) electrons. The predicted molar refractivity (Wildman–Crippen MR) is 121 cm³/mol. The fraction of sp³-hybridized carbons (Fsp3) is 0.440. The molecule has 5 nitrogen and oxygen atoms in total. The molecule has 1 amide bonds. The molecule has 0 aromatic heterocycles. The minimum absolute atomic E-state index is 0.0421. The maximum atomic E-state index is 11.8. The highest BCUT2D eigenvalue weighted by atomic mass is 16.6. The maximum Gasteiger partial charge on any atom is 0.331 e. The third-order valence-corrected chi connectivity index (χ3v) is 4.91. The van der Waals surface area contributed by atoms with Gasteiger partial charge in [0.1, 0.15) is 5.60 Å². The molecule has 0 saturated heterocycles. The Bertz CT molecular complexity index is 911. The van der Waals surface area contributed by atoms with Gasteiger partial charge >= 0.3 is 5.97 Å². The van der Waals surface area contributed by atoms with E-state index in [1.165, 1.54) is 6.08 Å². The van der Waals surface area contributed by atoms with E-state index < -0.39 is 5.60 Å². The standard InChI is InChI=1S/C25H33NO4/c1-17(6-12-23(26)27)18(2)29-16-20-8-11-21-14-19(7-10-22(21)15-20)9-13-24(28)30-25(3,4)5/h7-11,13-15,17-18H,6,12,16H2,1-5H3,(H2,26,27)/b13-9+/t17-,18+/m0/s1. The molecule has 0 aliphatic heterocycles. The van der Waals surface area contributed by atoms with Crippen LogP contribution in [0, 0.1) is 5.92 Å². The summed E-state index contributed by atoms with van der Waals surface area (Å²) in [5.74, 6) is -0.365. The van der Waals surface area contributed by atoms with Crippen molar-refractivity contribution in [2.75, 3.05) is 0 Å². The number of hydrogen-bond donors (Lipinski definition) is 1. The Hall–Kier alpha value is -2.66. The van der Waals surface area contributed by atoms with Crippen molar-refractivity contribution in [1.29, 1.82) is 0 Å². The number of carbonyl (C=O) groups is 2. The summed E-state index contributed by atoms with van der Waals surface area (Å²) in [6, 6.07) is 12.3. The van der Waals surface area contributed by atoms with E-state index in [1.54, 1.807) is 6.08 Å². The third kappa shape index (κ3) is 7.99. The van der Waals surface area contributed by atoms with Crippen LogP contribution in [0.4, 0.5) is 0 Å². The predicted octanol–water partition coefficient (Wildman–Crippen LogP) is 5.00. The van der Waals surface area contributed by atoms with Crippen molar-refractivity contribution in [3.05, 3.63) is 53.6 Å². The van der Waals surface area contributed by atoms with Crippen LogP contribution in [0.15, 0.2) is 42.5 Å². The monoisotopic (exact) mass is 411 g/mol. The smallest absolute Gasteiger partial charge is 0.331 e. The van der Waals surface area contributed by atoms with Crippen LogP contribution in [0.25, 0.3) is 16.8 Å². The number of rotatable bonds is 9. The van der Waals surface area contributed by atoms with Crippen LogP contribution in [0.2, 0.25) is 0 Å². The van der Waals surface area contributed by atoms with E-state index >= 15 is 0 Å². The zero-order chi connectivity index (χ0) is 22.3. The summed E-state index contributed by atoms with van der Waals surface area (Å²) in [4.78, 5) is 22.8. The van der Waals surface area contributed by atoms with Gasteiger partial charge in [0, 0.05) is 12.5 Å². The van der Waals surface area contributed by atoms with E-state index in [9.17, 15) is 9.59 Å². The van der Waals surface area contributed by atoms with Gasteiger partial charge in [0.15, 0.2) is 0 Å². The number of hydrogen-bond acceptors (Lipinski definition) is 4. The maximum absolute atomic E-state index is 11.8. The fourth-order valence-corrected chi connectivity index (χ4v) is 3.00. The molecule has 2 aromatic carbocycles. The van der Waals surface area contributed by atoms with Crippen molar-refractivity contribution in [1.82, 2.24) is 0 Å². The summed E-state index contributed by atoms with van der Waals surface area (Å²) in [7, 11) is 0. The van der Waals surface area contributed by atoms with Gasteiger partial charge in [-0.1, -0.05) is 31.2 Å². The van der Waals surface area contributed by atoms with Gasteiger partial charge in [-0.2, -0.15) is 0 Å². The number of amides is 1. The summed E-state index contributed by atoms with van der Waals surface area (Å²) >= 11 is 0. The van der Waals surface area contributed by atoms with Gasteiger partial charge in [0.2, 0.25) is 5.91 Å². The zero-order valence-corrected chi connectivity index (χ0v) is 18.6. The number of esters is 1. The summed E-state index contributed by atoms with van der Waals surface area (Å²) in [6.07, 6.45) is 4.37. The summed E-state index contributed by atoms with van der Waals surface area (Å²) in [6.45, 7) is 10.1. The van der Waals surface area contributed by atoms with E-state index in [2.05, 4.69) is 19.1 Å². The highest BCUT2D eigenvalue weighted by Gasteiger charge is 2.15. The van der Waals surface area contributed by atoms with Gasteiger partial charge < -0.3 is 15.2 Å². The molecular formula is C25H33NO4. The largest absolute Gasteiger partial charge is 0.457 e. The summed E-state index contributed by atoms with van der Waals surface area (Å²) in [5.41, 5.74) is 6.75. The molecule has 0 aliphatic carbocycles. The molecule has 0 bridgehead atoms. The third-order valence-electron chi connectivity index (χ3n) is 4.91. The van der Waals surface area contributed by atoms with Gasteiger partial charge in [-0.3, -0.25) is 4.79 Å². The van der Waals surface area contributed by atoms with Gasteiger partial charge in [-0.15, -0.1) is 0 Å². The van der Waals surface area contributed by atoms with E-state index in [4.69, 9.17) is 15.2 Å². The molecule has 5 heteroatoms. The molecule has 0 spiro atoms. The molecule has 0 aliphatic rings. The Morgan fingerprint density at radius 3 is 2.40 bits per heavy atom. The Kier molecular flexibility index (Phi) is 8.18. The number of primary amides is 1. The number of fused-ring (bicyclic) bond motifs is 1. The first-order chi connectivity index (χ1) is 14.0. The molecular weight excluding hydrogens is 378 g/mol. The lowest BCUT2D eigenvalue weighted by Crippen LogP contribution is -2.22.